The second kappa shape index (κ2) is 4.51. The monoisotopic (exact) mass is 235 g/mol. The number of aromatic nitrogens is 2. The van der Waals surface area contributed by atoms with E-state index in [1.807, 2.05) is 33.3 Å². The molecule has 1 amide bonds. The number of imidazole rings is 1. The first-order chi connectivity index (χ1) is 7.98. The van der Waals surface area contributed by atoms with E-state index in [0.29, 0.717) is 12.5 Å². The lowest BCUT2D eigenvalue weighted by molar-refractivity contribution is -0.128. The number of nitrogens with one attached hydrogen (secondary N) is 1. The van der Waals surface area contributed by atoms with E-state index in [9.17, 15) is 4.79 Å². The molecule has 4 nitrogen and oxygen atoms in total. The molecule has 17 heavy (non-hydrogen) atoms. The molecule has 94 valence electrons. The minimum Gasteiger partial charge on any atom is -0.354 e. The van der Waals surface area contributed by atoms with Crippen LogP contribution in [-0.4, -0.2) is 22.0 Å². The van der Waals surface area contributed by atoms with Gasteiger partial charge in [0.25, 0.3) is 0 Å². The summed E-state index contributed by atoms with van der Waals surface area (Å²) < 4.78 is 2.15. The Labute approximate surface area is 102 Å². The fraction of sp³-hybridized carbons (Fsp3) is 0.692. The molecule has 1 N–H and O–H groups in total. The van der Waals surface area contributed by atoms with Gasteiger partial charge in [0.15, 0.2) is 0 Å². The highest BCUT2D eigenvalue weighted by Gasteiger charge is 2.26. The van der Waals surface area contributed by atoms with Crippen LogP contribution in [0, 0.1) is 5.41 Å². The van der Waals surface area contributed by atoms with Gasteiger partial charge in [-0.15, -0.1) is 0 Å². The van der Waals surface area contributed by atoms with E-state index >= 15 is 0 Å². The average molecular weight is 235 g/mol. The Morgan fingerprint density at radius 1 is 1.53 bits per heavy atom. The van der Waals surface area contributed by atoms with Gasteiger partial charge in [0.05, 0.1) is 6.33 Å². The summed E-state index contributed by atoms with van der Waals surface area (Å²) in [5.41, 5.74) is 1.00. The molecule has 0 unspecified atom stereocenters. The molecule has 1 fully saturated rings. The SMILES string of the molecule is CC(C)(C)C(=O)NCCn1cncc1C1CC1. The van der Waals surface area contributed by atoms with Gasteiger partial charge in [0.2, 0.25) is 5.91 Å². The molecular weight excluding hydrogens is 214 g/mol. The number of carbonyl (C=O) groups excluding carboxylic acids is 1. The van der Waals surface area contributed by atoms with Gasteiger partial charge in [-0.25, -0.2) is 4.98 Å². The van der Waals surface area contributed by atoms with Crippen molar-refractivity contribution in [2.45, 2.75) is 46.1 Å². The maximum absolute atomic E-state index is 11.7. The van der Waals surface area contributed by atoms with E-state index in [2.05, 4.69) is 14.9 Å². The average Bonchev–Trinajstić information content (AvgIpc) is 2.98. The zero-order valence-electron chi connectivity index (χ0n) is 10.9. The Morgan fingerprint density at radius 2 is 2.24 bits per heavy atom. The van der Waals surface area contributed by atoms with Crippen LogP contribution in [0.25, 0.3) is 0 Å². The van der Waals surface area contributed by atoms with Crippen molar-refractivity contribution in [3.8, 4) is 0 Å². The standard InChI is InChI=1S/C13H21N3O/c1-13(2,3)12(17)15-6-7-16-9-14-8-11(16)10-4-5-10/h8-10H,4-7H2,1-3H3,(H,15,17). The third kappa shape index (κ3) is 3.08. The van der Waals surface area contributed by atoms with Gasteiger partial charge in [-0.1, -0.05) is 20.8 Å². The molecule has 1 aliphatic rings. The lowest BCUT2D eigenvalue weighted by Crippen LogP contribution is -2.36. The zero-order valence-corrected chi connectivity index (χ0v) is 10.9. The van der Waals surface area contributed by atoms with Crippen molar-refractivity contribution in [1.29, 1.82) is 0 Å². The summed E-state index contributed by atoms with van der Waals surface area (Å²) in [4.78, 5) is 15.9. The maximum atomic E-state index is 11.7. The lowest BCUT2D eigenvalue weighted by atomic mass is 9.96. The van der Waals surface area contributed by atoms with Crippen LogP contribution in [0.1, 0.15) is 45.2 Å². The van der Waals surface area contributed by atoms with Crippen LogP contribution in [0.4, 0.5) is 0 Å². The van der Waals surface area contributed by atoms with Crippen LogP contribution in [0.3, 0.4) is 0 Å². The number of amides is 1. The van der Waals surface area contributed by atoms with E-state index in [0.717, 1.165) is 6.54 Å². The molecule has 1 aromatic heterocycles. The van der Waals surface area contributed by atoms with Crippen LogP contribution in [0.2, 0.25) is 0 Å². The van der Waals surface area contributed by atoms with E-state index in [1.54, 1.807) is 0 Å². The number of carbonyl (C=O) groups is 1. The summed E-state index contributed by atoms with van der Waals surface area (Å²) in [5, 5.41) is 2.96. The van der Waals surface area contributed by atoms with Crippen LogP contribution >= 0.6 is 0 Å². The van der Waals surface area contributed by atoms with Crippen LogP contribution in [0.5, 0.6) is 0 Å². The maximum Gasteiger partial charge on any atom is 0.225 e. The van der Waals surface area contributed by atoms with Crippen molar-refractivity contribution >= 4 is 5.91 Å². The van der Waals surface area contributed by atoms with Crippen molar-refractivity contribution in [2.24, 2.45) is 5.41 Å². The normalized spacial score (nSPS) is 15.9. The smallest absolute Gasteiger partial charge is 0.225 e. The summed E-state index contributed by atoms with van der Waals surface area (Å²) >= 11 is 0. The summed E-state index contributed by atoms with van der Waals surface area (Å²) in [6.07, 6.45) is 6.36. The van der Waals surface area contributed by atoms with Crippen molar-refractivity contribution in [3.05, 3.63) is 18.2 Å². The minimum absolute atomic E-state index is 0.102. The second-order valence-electron chi connectivity index (χ2n) is 5.79. The summed E-state index contributed by atoms with van der Waals surface area (Å²) in [6, 6.07) is 0. The molecule has 0 saturated heterocycles. The number of hydrogen-bond donors (Lipinski definition) is 1. The molecule has 2 rings (SSSR count). The van der Waals surface area contributed by atoms with E-state index in [1.165, 1.54) is 18.5 Å². The molecule has 0 aromatic carbocycles. The van der Waals surface area contributed by atoms with Crippen molar-refractivity contribution in [2.75, 3.05) is 6.54 Å². The van der Waals surface area contributed by atoms with Gasteiger partial charge in [-0.05, 0) is 12.8 Å². The highest BCUT2D eigenvalue weighted by molar-refractivity contribution is 5.81. The fourth-order valence-electron chi connectivity index (χ4n) is 1.79. The van der Waals surface area contributed by atoms with Gasteiger partial charge in [0.1, 0.15) is 0 Å². The van der Waals surface area contributed by atoms with Gasteiger partial charge in [-0.3, -0.25) is 4.79 Å². The topological polar surface area (TPSA) is 46.9 Å². The zero-order chi connectivity index (χ0) is 12.5. The van der Waals surface area contributed by atoms with Crippen molar-refractivity contribution < 1.29 is 4.79 Å². The van der Waals surface area contributed by atoms with E-state index in [4.69, 9.17) is 0 Å². The highest BCUT2D eigenvalue weighted by Crippen LogP contribution is 2.39. The van der Waals surface area contributed by atoms with Gasteiger partial charge < -0.3 is 9.88 Å². The molecule has 0 aliphatic heterocycles. The Bertz CT molecular complexity index is 399. The van der Waals surface area contributed by atoms with Gasteiger partial charge in [0, 0.05) is 36.3 Å². The molecule has 0 radical (unpaired) electrons. The molecule has 1 aliphatic carbocycles. The Hall–Kier alpha value is -1.32. The third-order valence-corrected chi connectivity index (χ3v) is 3.06. The Kier molecular flexibility index (Phi) is 3.22. The molecule has 1 aromatic rings. The summed E-state index contributed by atoms with van der Waals surface area (Å²) in [7, 11) is 0. The number of nitrogens with zero attached hydrogens (tertiary/aromatic N) is 2. The van der Waals surface area contributed by atoms with E-state index < -0.39 is 0 Å². The number of rotatable bonds is 4. The largest absolute Gasteiger partial charge is 0.354 e. The van der Waals surface area contributed by atoms with E-state index in [-0.39, 0.29) is 11.3 Å². The first-order valence-corrected chi connectivity index (χ1v) is 6.27. The molecule has 0 spiro atoms. The first-order valence-electron chi connectivity index (χ1n) is 6.27. The lowest BCUT2D eigenvalue weighted by Gasteiger charge is -2.18. The molecule has 4 heteroatoms. The molecule has 0 atom stereocenters. The highest BCUT2D eigenvalue weighted by atomic mass is 16.2. The Balaban J connectivity index is 1.82. The first kappa shape index (κ1) is 12.1. The number of hydrogen-bond acceptors (Lipinski definition) is 2. The predicted molar refractivity (Wildman–Crippen MR) is 66.7 cm³/mol. The van der Waals surface area contributed by atoms with Crippen molar-refractivity contribution in [3.63, 3.8) is 0 Å². The third-order valence-electron chi connectivity index (χ3n) is 3.06. The predicted octanol–water partition coefficient (Wildman–Crippen LogP) is 1.92. The van der Waals surface area contributed by atoms with Crippen molar-refractivity contribution in [1.82, 2.24) is 14.9 Å². The van der Waals surface area contributed by atoms with Crippen LogP contribution in [0.15, 0.2) is 12.5 Å². The Morgan fingerprint density at radius 3 is 2.82 bits per heavy atom. The molecule has 1 saturated carbocycles. The molecule has 0 bridgehead atoms. The second-order valence-corrected chi connectivity index (χ2v) is 5.79. The van der Waals surface area contributed by atoms with Crippen LogP contribution in [-0.2, 0) is 11.3 Å². The molecule has 1 heterocycles. The van der Waals surface area contributed by atoms with Crippen LogP contribution < -0.4 is 5.32 Å². The van der Waals surface area contributed by atoms with Gasteiger partial charge >= 0.3 is 0 Å². The summed E-state index contributed by atoms with van der Waals surface area (Å²) in [5.74, 6) is 0.807. The fourth-order valence-corrected chi connectivity index (χ4v) is 1.79. The summed E-state index contributed by atoms with van der Waals surface area (Å²) in [6.45, 7) is 7.26. The quantitative estimate of drug-likeness (QED) is 0.866. The minimum atomic E-state index is -0.311. The molecular formula is C13H21N3O. The van der Waals surface area contributed by atoms with Gasteiger partial charge in [-0.2, -0.15) is 0 Å².